The zero-order valence-electron chi connectivity index (χ0n) is 13.9. The topological polar surface area (TPSA) is 58.9 Å². The van der Waals surface area contributed by atoms with Gasteiger partial charge in [0.25, 0.3) is 0 Å². The van der Waals surface area contributed by atoms with Crippen LogP contribution in [0.25, 0.3) is 0 Å². The van der Waals surface area contributed by atoms with E-state index in [2.05, 4.69) is 13.8 Å². The molecule has 2 N–H and O–H groups in total. The maximum atomic E-state index is 8.82. The molecule has 0 spiro atoms. The molecule has 0 amide bonds. The van der Waals surface area contributed by atoms with Gasteiger partial charge >= 0.3 is 0 Å². The first kappa shape index (κ1) is 18.8. The Morgan fingerprint density at radius 2 is 1.14 bits per heavy atom. The van der Waals surface area contributed by atoms with Gasteiger partial charge in [-0.2, -0.15) is 0 Å². The van der Waals surface area contributed by atoms with E-state index in [4.69, 9.17) is 19.7 Å². The predicted molar refractivity (Wildman–Crippen MR) is 88.8 cm³/mol. The van der Waals surface area contributed by atoms with Crippen LogP contribution in [0.2, 0.25) is 0 Å². The third kappa shape index (κ3) is 5.85. The molecule has 0 bridgehead atoms. The second kappa shape index (κ2) is 11.3. The van der Waals surface area contributed by atoms with Crippen molar-refractivity contribution in [2.45, 2.75) is 52.4 Å². The maximum absolute atomic E-state index is 8.82. The number of rotatable bonds is 12. The third-order valence-corrected chi connectivity index (χ3v) is 3.67. The molecule has 0 aliphatic carbocycles. The monoisotopic (exact) mass is 310 g/mol. The Morgan fingerprint density at radius 3 is 1.45 bits per heavy atom. The summed E-state index contributed by atoms with van der Waals surface area (Å²) in [4.78, 5) is 0. The second-order valence-corrected chi connectivity index (χ2v) is 5.28. The highest BCUT2D eigenvalue weighted by Crippen LogP contribution is 2.32. The summed E-state index contributed by atoms with van der Waals surface area (Å²) in [7, 11) is 0. The lowest BCUT2D eigenvalue weighted by Gasteiger charge is -2.18. The summed E-state index contributed by atoms with van der Waals surface area (Å²) in [6.45, 7) is 5.95. The number of hydrogen-bond donors (Lipinski definition) is 2. The molecule has 4 heteroatoms. The van der Waals surface area contributed by atoms with E-state index in [0.717, 1.165) is 50.0 Å². The van der Waals surface area contributed by atoms with E-state index < -0.39 is 0 Å². The number of ether oxygens (including phenoxy) is 2. The van der Waals surface area contributed by atoms with Crippen molar-refractivity contribution in [3.05, 3.63) is 23.3 Å². The van der Waals surface area contributed by atoms with Crippen LogP contribution in [-0.4, -0.2) is 36.6 Å². The molecule has 22 heavy (non-hydrogen) atoms. The predicted octanol–water partition coefficient (Wildman–Crippen LogP) is 3.11. The summed E-state index contributed by atoms with van der Waals surface area (Å²) in [5.41, 5.74) is 2.43. The van der Waals surface area contributed by atoms with Crippen molar-refractivity contribution in [2.24, 2.45) is 0 Å². The fourth-order valence-electron chi connectivity index (χ4n) is 2.49. The molecule has 126 valence electrons. The molecular formula is C18H30O4. The van der Waals surface area contributed by atoms with Crippen LogP contribution in [-0.2, 0) is 12.8 Å². The van der Waals surface area contributed by atoms with Gasteiger partial charge in [0.1, 0.15) is 11.5 Å². The van der Waals surface area contributed by atoms with Crippen LogP contribution in [0.15, 0.2) is 12.1 Å². The average molecular weight is 310 g/mol. The molecule has 4 nitrogen and oxygen atoms in total. The standard InChI is InChI=1S/C18H30O4/c1-3-15-16(4-2)18(22-14-8-6-12-20)10-9-17(15)21-13-7-5-11-19/h9-10,19-20H,3-8,11-14H2,1-2H3. The van der Waals surface area contributed by atoms with Crippen LogP contribution in [0.1, 0.15) is 50.7 Å². The normalized spacial score (nSPS) is 10.7. The molecule has 0 atom stereocenters. The van der Waals surface area contributed by atoms with Gasteiger partial charge in [-0.15, -0.1) is 0 Å². The minimum atomic E-state index is 0.213. The molecule has 1 rings (SSSR count). The lowest BCUT2D eigenvalue weighted by Crippen LogP contribution is -2.06. The SMILES string of the molecule is CCc1c(OCCCCO)ccc(OCCCCO)c1CC. The molecule has 1 aromatic rings. The first-order valence-corrected chi connectivity index (χ1v) is 8.40. The van der Waals surface area contributed by atoms with E-state index in [9.17, 15) is 0 Å². The van der Waals surface area contributed by atoms with Crippen molar-refractivity contribution in [1.82, 2.24) is 0 Å². The highest BCUT2D eigenvalue weighted by atomic mass is 16.5. The molecule has 0 fully saturated rings. The number of benzene rings is 1. The minimum Gasteiger partial charge on any atom is -0.493 e. The summed E-state index contributed by atoms with van der Waals surface area (Å²) in [5, 5.41) is 17.6. The zero-order valence-corrected chi connectivity index (χ0v) is 13.9. The van der Waals surface area contributed by atoms with E-state index in [-0.39, 0.29) is 13.2 Å². The third-order valence-electron chi connectivity index (χ3n) is 3.67. The van der Waals surface area contributed by atoms with Crippen molar-refractivity contribution in [3.8, 4) is 11.5 Å². The molecular weight excluding hydrogens is 280 g/mol. The number of aliphatic hydroxyl groups excluding tert-OH is 2. The highest BCUT2D eigenvalue weighted by molar-refractivity contribution is 5.48. The second-order valence-electron chi connectivity index (χ2n) is 5.28. The van der Waals surface area contributed by atoms with Gasteiger partial charge in [0.05, 0.1) is 13.2 Å². The van der Waals surface area contributed by atoms with Crippen LogP contribution in [0, 0.1) is 0 Å². The number of aliphatic hydroxyl groups is 2. The van der Waals surface area contributed by atoms with Gasteiger partial charge in [0.15, 0.2) is 0 Å². The van der Waals surface area contributed by atoms with Crippen LogP contribution in [0.5, 0.6) is 11.5 Å². The molecule has 0 unspecified atom stereocenters. The van der Waals surface area contributed by atoms with E-state index in [1.54, 1.807) is 0 Å². The summed E-state index contributed by atoms with van der Waals surface area (Å²) in [6, 6.07) is 3.97. The zero-order chi connectivity index (χ0) is 16.2. The Kier molecular flexibility index (Phi) is 9.67. The van der Waals surface area contributed by atoms with Crippen LogP contribution in [0.3, 0.4) is 0 Å². The summed E-state index contributed by atoms with van der Waals surface area (Å²) >= 11 is 0. The largest absolute Gasteiger partial charge is 0.493 e. The van der Waals surface area contributed by atoms with Crippen molar-refractivity contribution in [1.29, 1.82) is 0 Å². The Morgan fingerprint density at radius 1 is 0.727 bits per heavy atom. The minimum absolute atomic E-state index is 0.213. The fraction of sp³-hybridized carbons (Fsp3) is 0.667. The van der Waals surface area contributed by atoms with E-state index in [1.807, 2.05) is 12.1 Å². The first-order chi connectivity index (χ1) is 10.8. The van der Waals surface area contributed by atoms with Crippen LogP contribution >= 0.6 is 0 Å². The lowest BCUT2D eigenvalue weighted by atomic mass is 10.0. The fourth-order valence-corrected chi connectivity index (χ4v) is 2.49. The maximum Gasteiger partial charge on any atom is 0.123 e. The molecule has 0 saturated carbocycles. The van der Waals surface area contributed by atoms with Gasteiger partial charge in [0.2, 0.25) is 0 Å². The lowest BCUT2D eigenvalue weighted by molar-refractivity contribution is 0.248. The van der Waals surface area contributed by atoms with Crippen LogP contribution < -0.4 is 9.47 Å². The summed E-state index contributed by atoms with van der Waals surface area (Å²) < 4.78 is 11.7. The van der Waals surface area contributed by atoms with Gasteiger partial charge in [-0.1, -0.05) is 13.8 Å². The van der Waals surface area contributed by atoms with E-state index >= 15 is 0 Å². The van der Waals surface area contributed by atoms with Gasteiger partial charge in [-0.3, -0.25) is 0 Å². The van der Waals surface area contributed by atoms with Crippen molar-refractivity contribution >= 4 is 0 Å². The van der Waals surface area contributed by atoms with E-state index in [0.29, 0.717) is 13.2 Å². The Bertz CT molecular complexity index is 379. The molecule has 0 aliphatic heterocycles. The molecule has 0 heterocycles. The van der Waals surface area contributed by atoms with Crippen molar-refractivity contribution < 1.29 is 19.7 Å². The van der Waals surface area contributed by atoms with Gasteiger partial charge in [-0.25, -0.2) is 0 Å². The van der Waals surface area contributed by atoms with Gasteiger partial charge in [-0.05, 0) is 50.7 Å². The number of hydrogen-bond acceptors (Lipinski definition) is 4. The van der Waals surface area contributed by atoms with Gasteiger partial charge in [0, 0.05) is 24.3 Å². The molecule has 0 aliphatic rings. The molecule has 1 aromatic carbocycles. The van der Waals surface area contributed by atoms with Crippen LogP contribution in [0.4, 0.5) is 0 Å². The highest BCUT2D eigenvalue weighted by Gasteiger charge is 2.13. The number of unbranched alkanes of at least 4 members (excludes halogenated alkanes) is 2. The summed E-state index contributed by atoms with van der Waals surface area (Å²) in [5.74, 6) is 1.86. The Hall–Kier alpha value is -1.26. The molecule has 0 saturated heterocycles. The van der Waals surface area contributed by atoms with Gasteiger partial charge < -0.3 is 19.7 Å². The summed E-state index contributed by atoms with van der Waals surface area (Å²) in [6.07, 6.45) is 5.09. The first-order valence-electron chi connectivity index (χ1n) is 8.40. The average Bonchev–Trinajstić information content (AvgIpc) is 2.55. The van der Waals surface area contributed by atoms with Crippen molar-refractivity contribution in [2.75, 3.05) is 26.4 Å². The molecule has 0 aromatic heterocycles. The van der Waals surface area contributed by atoms with Crippen molar-refractivity contribution in [3.63, 3.8) is 0 Å². The Balaban J connectivity index is 2.75. The quantitative estimate of drug-likeness (QED) is 0.582. The molecule has 0 radical (unpaired) electrons. The smallest absolute Gasteiger partial charge is 0.123 e. The Labute approximate surface area is 134 Å². The van der Waals surface area contributed by atoms with E-state index in [1.165, 1.54) is 11.1 Å².